The van der Waals surface area contributed by atoms with Crippen LogP contribution in [0.2, 0.25) is 0 Å². The summed E-state index contributed by atoms with van der Waals surface area (Å²) < 4.78 is 79.1. The number of hydrogen-bond donors (Lipinski definition) is 2. The molecule has 5 aromatic rings. The number of nitrogens with zero attached hydrogens (tertiary/aromatic N) is 5. The van der Waals surface area contributed by atoms with Crippen molar-refractivity contribution in [3.8, 4) is 39.8 Å². The van der Waals surface area contributed by atoms with Crippen LogP contribution in [0.1, 0.15) is 43.0 Å². The van der Waals surface area contributed by atoms with Crippen LogP contribution in [-0.2, 0) is 27.5 Å². The van der Waals surface area contributed by atoms with E-state index in [9.17, 15) is 31.6 Å². The molecule has 2 N–H and O–H groups in total. The van der Waals surface area contributed by atoms with Gasteiger partial charge in [0.15, 0.2) is 0 Å². The van der Waals surface area contributed by atoms with Crippen LogP contribution in [-0.4, -0.2) is 53.2 Å². The number of aromatic nitrogens is 3. The van der Waals surface area contributed by atoms with E-state index in [1.165, 1.54) is 30.6 Å². The van der Waals surface area contributed by atoms with Gasteiger partial charge in [0.05, 0.1) is 21.7 Å². The van der Waals surface area contributed by atoms with Crippen LogP contribution in [0.25, 0.3) is 22.3 Å². The van der Waals surface area contributed by atoms with Crippen molar-refractivity contribution in [3.63, 3.8) is 0 Å². The first-order valence-electron chi connectivity index (χ1n) is 16.6. The molecule has 2 aromatic heterocycles. The minimum Gasteiger partial charge on any atom is -0.455 e. The maximum atomic E-state index is 13.6. The number of anilines is 1. The molecule has 1 saturated heterocycles. The number of ether oxygens (including phenoxy) is 1. The lowest BCUT2D eigenvalue weighted by Crippen LogP contribution is -2.37. The highest BCUT2D eigenvalue weighted by Crippen LogP contribution is 2.39. The van der Waals surface area contributed by atoms with Gasteiger partial charge in [0.25, 0.3) is 10.0 Å². The summed E-state index contributed by atoms with van der Waals surface area (Å²) >= 11 is 0.857. The second kappa shape index (κ2) is 16.1. The third-order valence-corrected chi connectivity index (χ3v) is 11.0. The molecule has 0 unspecified atom stereocenters. The number of likely N-dealkylation sites (tertiary alicyclic amines) is 1. The second-order valence-corrected chi connectivity index (χ2v) is 14.9. The van der Waals surface area contributed by atoms with Crippen molar-refractivity contribution in [2.45, 2.75) is 43.8 Å². The third kappa shape index (κ3) is 9.36. The molecule has 53 heavy (non-hydrogen) atoms. The standard InChI is InChI=1S/C37H34F3N7O4S2/c1-24(48)47-15-11-25(12-16-47)9-13-42-22-31-18-28(10-14-43-31)33-20-27(26-3-2-4-30(17-26)37(38,39)40)5-7-35(33)51-34-8-6-32(19-29(34)21-41)53(49,50)46-36-44-23-45-52-36/h2-8,10,14,17-20,23,25,42H,9,11-13,15-16,22H2,1H3,(H,44,45,46). The van der Waals surface area contributed by atoms with Crippen LogP contribution in [0.4, 0.5) is 18.3 Å². The summed E-state index contributed by atoms with van der Waals surface area (Å²) in [4.78, 5) is 21.7. The van der Waals surface area contributed by atoms with E-state index < -0.39 is 21.8 Å². The zero-order valence-electron chi connectivity index (χ0n) is 28.4. The smallest absolute Gasteiger partial charge is 0.416 e. The van der Waals surface area contributed by atoms with Gasteiger partial charge in [-0.25, -0.2) is 13.4 Å². The van der Waals surface area contributed by atoms with Gasteiger partial charge in [-0.15, -0.1) is 0 Å². The monoisotopic (exact) mass is 761 g/mol. The Hall–Kier alpha value is -5.37. The number of carbonyl (C=O) groups is 1. The molecule has 6 rings (SSSR count). The summed E-state index contributed by atoms with van der Waals surface area (Å²) in [7, 11) is -4.09. The summed E-state index contributed by atoms with van der Waals surface area (Å²) in [5, 5.41) is 13.5. The van der Waals surface area contributed by atoms with Crippen molar-refractivity contribution < 1.29 is 31.1 Å². The van der Waals surface area contributed by atoms with Gasteiger partial charge in [-0.1, -0.05) is 18.2 Å². The van der Waals surface area contributed by atoms with Gasteiger partial charge < -0.3 is 15.0 Å². The van der Waals surface area contributed by atoms with Crippen LogP contribution in [0.5, 0.6) is 11.5 Å². The van der Waals surface area contributed by atoms with Crippen molar-refractivity contribution in [2.75, 3.05) is 24.4 Å². The van der Waals surface area contributed by atoms with Crippen molar-refractivity contribution in [3.05, 3.63) is 102 Å². The van der Waals surface area contributed by atoms with Gasteiger partial charge in [-0.3, -0.25) is 14.5 Å². The number of carbonyl (C=O) groups excluding carboxylic acids is 1. The molecule has 1 aliphatic rings. The van der Waals surface area contributed by atoms with Crippen LogP contribution in [0.15, 0.2) is 90.2 Å². The molecule has 16 heteroatoms. The van der Waals surface area contributed by atoms with E-state index in [1.807, 2.05) is 17.0 Å². The summed E-state index contributed by atoms with van der Waals surface area (Å²) in [6, 6.07) is 19.4. The second-order valence-electron chi connectivity index (χ2n) is 12.5. The summed E-state index contributed by atoms with van der Waals surface area (Å²) in [5.74, 6) is 0.978. The summed E-state index contributed by atoms with van der Waals surface area (Å²) in [6.07, 6.45) is 1.21. The first-order chi connectivity index (χ1) is 25.4. The number of halogens is 3. The predicted molar refractivity (Wildman–Crippen MR) is 193 cm³/mol. The first kappa shape index (κ1) is 37.4. The van der Waals surface area contributed by atoms with E-state index in [-0.39, 0.29) is 33.0 Å². The molecular weight excluding hydrogens is 728 g/mol. The zero-order valence-corrected chi connectivity index (χ0v) is 30.1. The normalized spacial score (nSPS) is 13.8. The Kier molecular flexibility index (Phi) is 11.4. The van der Waals surface area contributed by atoms with Gasteiger partial charge in [-0.05, 0) is 103 Å². The van der Waals surface area contributed by atoms with Crippen molar-refractivity contribution in [1.82, 2.24) is 24.6 Å². The lowest BCUT2D eigenvalue weighted by atomic mass is 9.93. The van der Waals surface area contributed by atoms with Crippen molar-refractivity contribution >= 4 is 32.6 Å². The molecule has 0 radical (unpaired) electrons. The average molecular weight is 762 g/mol. The molecule has 0 saturated carbocycles. The van der Waals surface area contributed by atoms with Gasteiger partial charge in [0.2, 0.25) is 11.0 Å². The Balaban J connectivity index is 1.27. The van der Waals surface area contributed by atoms with Gasteiger partial charge in [-0.2, -0.15) is 22.8 Å². The van der Waals surface area contributed by atoms with E-state index in [4.69, 9.17) is 4.74 Å². The number of nitriles is 1. The van der Waals surface area contributed by atoms with E-state index in [2.05, 4.69) is 24.4 Å². The quantitative estimate of drug-likeness (QED) is 0.123. The van der Waals surface area contributed by atoms with Gasteiger partial charge in [0, 0.05) is 49.9 Å². The van der Waals surface area contributed by atoms with E-state index >= 15 is 0 Å². The molecule has 1 fully saturated rings. The Morgan fingerprint density at radius 1 is 1.00 bits per heavy atom. The summed E-state index contributed by atoms with van der Waals surface area (Å²) in [5.41, 5.74) is 1.89. The lowest BCUT2D eigenvalue weighted by molar-refractivity contribution is -0.137. The Bertz CT molecular complexity index is 2240. The predicted octanol–water partition coefficient (Wildman–Crippen LogP) is 7.49. The van der Waals surface area contributed by atoms with Crippen LogP contribution < -0.4 is 14.8 Å². The average Bonchev–Trinajstić information content (AvgIpc) is 3.66. The first-order valence-corrected chi connectivity index (χ1v) is 18.9. The van der Waals surface area contributed by atoms with Crippen LogP contribution in [0.3, 0.4) is 0 Å². The van der Waals surface area contributed by atoms with Crippen molar-refractivity contribution in [2.24, 2.45) is 5.92 Å². The molecule has 1 aliphatic heterocycles. The fourth-order valence-corrected chi connectivity index (χ4v) is 7.75. The lowest BCUT2D eigenvalue weighted by Gasteiger charge is -2.31. The summed E-state index contributed by atoms with van der Waals surface area (Å²) in [6.45, 7) is 4.36. The highest BCUT2D eigenvalue weighted by atomic mass is 32.2. The molecule has 0 aliphatic carbocycles. The van der Waals surface area contributed by atoms with Gasteiger partial charge in [0.1, 0.15) is 23.9 Å². The molecule has 11 nitrogen and oxygen atoms in total. The van der Waals surface area contributed by atoms with Crippen LogP contribution >= 0.6 is 11.5 Å². The topological polar surface area (TPSA) is 150 Å². The minimum absolute atomic E-state index is 0.0627. The van der Waals surface area contributed by atoms with E-state index in [1.54, 1.807) is 43.5 Å². The van der Waals surface area contributed by atoms with Crippen molar-refractivity contribution in [1.29, 1.82) is 5.26 Å². The fourth-order valence-electron chi connectivity index (χ4n) is 6.06. The van der Waals surface area contributed by atoms with E-state index in [0.29, 0.717) is 34.7 Å². The number of amides is 1. The van der Waals surface area contributed by atoms with Gasteiger partial charge >= 0.3 is 6.18 Å². The number of nitrogens with one attached hydrogen (secondary N) is 2. The Labute approximate surface area is 308 Å². The number of piperidine rings is 1. The number of rotatable bonds is 12. The Morgan fingerprint density at radius 3 is 2.49 bits per heavy atom. The molecule has 274 valence electrons. The SMILES string of the molecule is CC(=O)N1CCC(CCNCc2cc(-c3cc(-c4cccc(C(F)(F)F)c4)ccc3Oc3ccc(S(=O)(=O)Nc4ncns4)cc3C#N)ccn2)CC1. The highest BCUT2D eigenvalue weighted by molar-refractivity contribution is 7.93. The third-order valence-electron chi connectivity index (χ3n) is 8.91. The molecule has 0 bridgehead atoms. The molecule has 0 atom stereocenters. The maximum Gasteiger partial charge on any atom is 0.416 e. The zero-order chi connectivity index (χ0) is 37.6. The van der Waals surface area contributed by atoms with E-state index in [0.717, 1.165) is 68.3 Å². The number of pyridine rings is 1. The number of sulfonamides is 1. The number of alkyl halides is 3. The minimum atomic E-state index is -4.53. The molecule has 3 aromatic carbocycles. The largest absolute Gasteiger partial charge is 0.455 e. The number of hydrogen-bond acceptors (Lipinski definition) is 10. The molecule has 3 heterocycles. The molecule has 1 amide bonds. The highest BCUT2D eigenvalue weighted by Gasteiger charge is 2.30. The molecular formula is C37H34F3N7O4S2. The Morgan fingerprint density at radius 2 is 1.77 bits per heavy atom. The maximum absolute atomic E-state index is 13.6. The number of benzene rings is 3. The fraction of sp³-hybridized carbons (Fsp3) is 0.270. The molecule has 0 spiro atoms. The van der Waals surface area contributed by atoms with Crippen LogP contribution in [0, 0.1) is 17.2 Å².